The van der Waals surface area contributed by atoms with Crippen molar-refractivity contribution in [2.75, 3.05) is 71.0 Å². The van der Waals surface area contributed by atoms with Gasteiger partial charge in [0.05, 0.1) is 13.2 Å². The molecule has 0 radical (unpaired) electrons. The third-order valence-electron chi connectivity index (χ3n) is 4.29. The second-order valence-corrected chi connectivity index (χ2v) is 6.25. The summed E-state index contributed by atoms with van der Waals surface area (Å²) in [6, 6.07) is 10.5. The fourth-order valence-corrected chi connectivity index (χ4v) is 2.81. The van der Waals surface area contributed by atoms with Crippen molar-refractivity contribution in [1.82, 2.24) is 15.5 Å². The molecule has 2 N–H and O–H groups in total. The van der Waals surface area contributed by atoms with Crippen LogP contribution in [0.5, 0.6) is 0 Å². The summed E-state index contributed by atoms with van der Waals surface area (Å²) >= 11 is 0. The molecule has 0 aromatic heterocycles. The van der Waals surface area contributed by atoms with Crippen molar-refractivity contribution in [1.29, 1.82) is 0 Å². The number of morpholine rings is 1. The van der Waals surface area contributed by atoms with Gasteiger partial charge in [-0.1, -0.05) is 18.2 Å². The molecule has 1 heterocycles. The molecule has 1 aromatic rings. The average Bonchev–Trinajstić information content (AvgIpc) is 2.66. The van der Waals surface area contributed by atoms with Gasteiger partial charge in [-0.15, -0.1) is 0 Å². The monoisotopic (exact) mass is 347 g/mol. The Labute approximate surface area is 152 Å². The van der Waals surface area contributed by atoms with Crippen molar-refractivity contribution in [2.24, 2.45) is 4.99 Å². The molecule has 140 valence electrons. The predicted octanol–water partition coefficient (Wildman–Crippen LogP) is 1.40. The molecule has 0 saturated carbocycles. The molecule has 1 aliphatic heterocycles. The van der Waals surface area contributed by atoms with Crippen molar-refractivity contribution in [3.05, 3.63) is 30.3 Å². The van der Waals surface area contributed by atoms with E-state index < -0.39 is 0 Å². The minimum absolute atomic E-state index is 0.823. The molecule has 25 heavy (non-hydrogen) atoms. The molecule has 6 nitrogen and oxygen atoms in total. The normalized spacial score (nSPS) is 15.8. The zero-order chi connectivity index (χ0) is 17.7. The summed E-state index contributed by atoms with van der Waals surface area (Å²) in [7, 11) is 2.13. The Morgan fingerprint density at radius 2 is 1.96 bits per heavy atom. The number of ether oxygens (including phenoxy) is 1. The highest BCUT2D eigenvalue weighted by Crippen LogP contribution is 2.10. The van der Waals surface area contributed by atoms with Gasteiger partial charge in [-0.3, -0.25) is 9.89 Å². The number of hydrogen-bond acceptors (Lipinski definition) is 4. The maximum atomic E-state index is 5.38. The number of benzene rings is 1. The van der Waals surface area contributed by atoms with E-state index in [1.807, 2.05) is 6.07 Å². The summed E-state index contributed by atoms with van der Waals surface area (Å²) in [5.74, 6) is 0.915. The van der Waals surface area contributed by atoms with Crippen LogP contribution < -0.4 is 15.5 Å². The molecular formula is C19H33N5O. The molecule has 1 aliphatic rings. The minimum atomic E-state index is 0.823. The lowest BCUT2D eigenvalue weighted by Crippen LogP contribution is -2.44. The summed E-state index contributed by atoms with van der Waals surface area (Å²) < 4.78 is 5.38. The summed E-state index contributed by atoms with van der Waals surface area (Å²) in [6.07, 6.45) is 1.03. The van der Waals surface area contributed by atoms with E-state index in [0.717, 1.165) is 71.4 Å². The van der Waals surface area contributed by atoms with Crippen molar-refractivity contribution in [2.45, 2.75) is 13.3 Å². The predicted molar refractivity (Wildman–Crippen MR) is 106 cm³/mol. The molecule has 6 heteroatoms. The zero-order valence-corrected chi connectivity index (χ0v) is 15.7. The Bertz CT molecular complexity index is 488. The van der Waals surface area contributed by atoms with Crippen LogP contribution in [-0.2, 0) is 4.74 Å². The fraction of sp³-hybridized carbons (Fsp3) is 0.632. The number of rotatable bonds is 9. The molecule has 1 aromatic carbocycles. The van der Waals surface area contributed by atoms with Gasteiger partial charge in [0.25, 0.3) is 0 Å². The number of para-hydroxylation sites is 1. The maximum Gasteiger partial charge on any atom is 0.191 e. The van der Waals surface area contributed by atoms with Crippen molar-refractivity contribution in [3.63, 3.8) is 0 Å². The first kappa shape index (κ1) is 19.5. The van der Waals surface area contributed by atoms with E-state index in [9.17, 15) is 0 Å². The van der Waals surface area contributed by atoms with Crippen LogP contribution >= 0.6 is 0 Å². The minimum Gasteiger partial charge on any atom is -0.379 e. The van der Waals surface area contributed by atoms with Gasteiger partial charge >= 0.3 is 0 Å². The van der Waals surface area contributed by atoms with E-state index in [1.54, 1.807) is 0 Å². The van der Waals surface area contributed by atoms with E-state index in [1.165, 1.54) is 5.69 Å². The van der Waals surface area contributed by atoms with Gasteiger partial charge in [0.2, 0.25) is 0 Å². The Balaban J connectivity index is 1.66. The first-order valence-electron chi connectivity index (χ1n) is 9.38. The van der Waals surface area contributed by atoms with E-state index in [-0.39, 0.29) is 0 Å². The van der Waals surface area contributed by atoms with Crippen LogP contribution in [0.15, 0.2) is 35.3 Å². The Morgan fingerprint density at radius 3 is 2.68 bits per heavy atom. The molecule has 2 rings (SSSR count). The van der Waals surface area contributed by atoms with Crippen LogP contribution in [0.4, 0.5) is 5.69 Å². The number of anilines is 1. The molecule has 0 aliphatic carbocycles. The van der Waals surface area contributed by atoms with Gasteiger partial charge in [-0.2, -0.15) is 0 Å². The van der Waals surface area contributed by atoms with Crippen LogP contribution in [0.25, 0.3) is 0 Å². The van der Waals surface area contributed by atoms with Crippen LogP contribution in [-0.4, -0.2) is 76.9 Å². The molecule has 1 saturated heterocycles. The highest BCUT2D eigenvalue weighted by molar-refractivity contribution is 5.79. The van der Waals surface area contributed by atoms with Crippen molar-refractivity contribution < 1.29 is 4.74 Å². The first-order chi connectivity index (χ1) is 12.3. The third-order valence-corrected chi connectivity index (χ3v) is 4.29. The standard InChI is InChI=1S/C19H33N5O/c1-3-20-19(22-11-13-24-14-16-25-17-15-24)21-10-7-12-23(2)18-8-5-4-6-9-18/h4-6,8-9H,3,7,10-17H2,1-2H3,(H2,20,21,22). The summed E-state index contributed by atoms with van der Waals surface area (Å²) in [5.41, 5.74) is 1.25. The number of guanidine groups is 1. The van der Waals surface area contributed by atoms with Gasteiger partial charge < -0.3 is 20.3 Å². The second kappa shape index (κ2) is 11.7. The lowest BCUT2D eigenvalue weighted by atomic mass is 10.3. The van der Waals surface area contributed by atoms with Crippen LogP contribution in [0.1, 0.15) is 13.3 Å². The topological polar surface area (TPSA) is 52.1 Å². The number of nitrogens with one attached hydrogen (secondary N) is 2. The van der Waals surface area contributed by atoms with Gasteiger partial charge in [0.1, 0.15) is 0 Å². The van der Waals surface area contributed by atoms with E-state index in [4.69, 9.17) is 4.74 Å². The molecule has 0 atom stereocenters. The second-order valence-electron chi connectivity index (χ2n) is 6.25. The van der Waals surface area contributed by atoms with E-state index >= 15 is 0 Å². The zero-order valence-electron chi connectivity index (χ0n) is 15.7. The van der Waals surface area contributed by atoms with Crippen molar-refractivity contribution >= 4 is 11.6 Å². The highest BCUT2D eigenvalue weighted by atomic mass is 16.5. The smallest absolute Gasteiger partial charge is 0.191 e. The van der Waals surface area contributed by atoms with Gasteiger partial charge in [-0.25, -0.2) is 0 Å². The molecular weight excluding hydrogens is 314 g/mol. The van der Waals surface area contributed by atoms with E-state index in [0.29, 0.717) is 0 Å². The SMILES string of the molecule is CCNC(=NCCCN(C)c1ccccc1)NCCN1CCOCC1. The summed E-state index contributed by atoms with van der Waals surface area (Å²) in [5, 5.41) is 6.75. The first-order valence-corrected chi connectivity index (χ1v) is 9.38. The van der Waals surface area contributed by atoms with Gasteiger partial charge in [0.15, 0.2) is 5.96 Å². The number of hydrogen-bond donors (Lipinski definition) is 2. The quantitative estimate of drug-likeness (QED) is 0.402. The van der Waals surface area contributed by atoms with Crippen LogP contribution in [0, 0.1) is 0 Å². The summed E-state index contributed by atoms with van der Waals surface area (Å²) in [6.45, 7) is 10.5. The molecule has 0 bridgehead atoms. The van der Waals surface area contributed by atoms with Gasteiger partial charge in [0, 0.05) is 58.5 Å². The van der Waals surface area contributed by atoms with E-state index in [2.05, 4.69) is 63.7 Å². The average molecular weight is 348 g/mol. The largest absolute Gasteiger partial charge is 0.379 e. The lowest BCUT2D eigenvalue weighted by Gasteiger charge is -2.26. The maximum absolute atomic E-state index is 5.38. The van der Waals surface area contributed by atoms with Crippen molar-refractivity contribution in [3.8, 4) is 0 Å². The third kappa shape index (κ3) is 7.75. The summed E-state index contributed by atoms with van der Waals surface area (Å²) in [4.78, 5) is 9.38. The lowest BCUT2D eigenvalue weighted by molar-refractivity contribution is 0.0389. The highest BCUT2D eigenvalue weighted by Gasteiger charge is 2.09. The molecule has 0 amide bonds. The number of aliphatic imine (C=N–C) groups is 1. The fourth-order valence-electron chi connectivity index (χ4n) is 2.81. The molecule has 1 fully saturated rings. The Hall–Kier alpha value is -1.79. The van der Waals surface area contributed by atoms with Gasteiger partial charge in [-0.05, 0) is 25.5 Å². The number of nitrogens with zero attached hydrogens (tertiary/aromatic N) is 3. The Morgan fingerprint density at radius 1 is 1.20 bits per heavy atom. The van der Waals surface area contributed by atoms with Crippen LogP contribution in [0.3, 0.4) is 0 Å². The molecule has 0 spiro atoms. The molecule has 0 unspecified atom stereocenters. The van der Waals surface area contributed by atoms with Crippen LogP contribution in [0.2, 0.25) is 0 Å². The Kier molecular flexibility index (Phi) is 9.15.